The molecule has 0 saturated heterocycles. The molecule has 3 rings (SSSR count). The maximum absolute atomic E-state index is 11.9. The first-order chi connectivity index (χ1) is 13.9. The van der Waals surface area contributed by atoms with Crippen molar-refractivity contribution in [2.24, 2.45) is 0 Å². The number of thiocarbonyl (C=S) groups is 1. The highest BCUT2D eigenvalue weighted by Gasteiger charge is 2.34. The van der Waals surface area contributed by atoms with Crippen molar-refractivity contribution in [3.05, 3.63) is 64.2 Å². The van der Waals surface area contributed by atoms with Crippen molar-refractivity contribution in [2.75, 3.05) is 12.4 Å². The second kappa shape index (κ2) is 9.59. The molecular formula is C23H27ClN2O2S. The van der Waals surface area contributed by atoms with E-state index in [0.29, 0.717) is 10.7 Å². The fraction of sp³-hybridized carbons (Fsp3) is 0.391. The standard InChI is InChI=1S/C23H27ClN2O2S/c1-16-19(21(27)28-2)6-5-7-20(16)25-22(29)26-23(13-3-4-14-23)15-12-17-8-10-18(24)11-9-17/h5-11H,3-4,12-15H2,1-2H3,(H2,25,26,29). The number of hydrogen-bond acceptors (Lipinski definition) is 3. The van der Waals surface area contributed by atoms with Crippen LogP contribution in [-0.4, -0.2) is 23.7 Å². The van der Waals surface area contributed by atoms with Crippen molar-refractivity contribution < 1.29 is 9.53 Å². The number of methoxy groups -OCH3 is 1. The van der Waals surface area contributed by atoms with Crippen LogP contribution in [0.5, 0.6) is 0 Å². The third kappa shape index (κ3) is 5.49. The monoisotopic (exact) mass is 430 g/mol. The number of ether oxygens (including phenoxy) is 1. The Kier molecular flexibility index (Phi) is 7.14. The number of esters is 1. The maximum atomic E-state index is 11.9. The topological polar surface area (TPSA) is 50.4 Å². The summed E-state index contributed by atoms with van der Waals surface area (Å²) in [7, 11) is 1.39. The first-order valence-corrected chi connectivity index (χ1v) is 10.7. The summed E-state index contributed by atoms with van der Waals surface area (Å²) < 4.78 is 4.86. The zero-order valence-corrected chi connectivity index (χ0v) is 18.5. The first kappa shape index (κ1) is 21.6. The van der Waals surface area contributed by atoms with Crippen LogP contribution in [0.4, 0.5) is 5.69 Å². The molecule has 154 valence electrons. The summed E-state index contributed by atoms with van der Waals surface area (Å²) >= 11 is 11.6. The Morgan fingerprint density at radius 1 is 1.17 bits per heavy atom. The third-order valence-corrected chi connectivity index (χ3v) is 6.19. The fourth-order valence-corrected chi connectivity index (χ4v) is 4.47. The van der Waals surface area contributed by atoms with Gasteiger partial charge in [0.2, 0.25) is 0 Å². The summed E-state index contributed by atoms with van der Waals surface area (Å²) in [6, 6.07) is 13.6. The molecule has 0 aromatic heterocycles. The molecule has 2 aromatic rings. The quantitative estimate of drug-likeness (QED) is 0.457. The van der Waals surface area contributed by atoms with E-state index < -0.39 is 0 Å². The first-order valence-electron chi connectivity index (χ1n) is 9.94. The van der Waals surface area contributed by atoms with Crippen LogP contribution in [0.3, 0.4) is 0 Å². The van der Waals surface area contributed by atoms with Gasteiger partial charge in [-0.1, -0.05) is 42.6 Å². The largest absolute Gasteiger partial charge is 0.465 e. The van der Waals surface area contributed by atoms with Crippen molar-refractivity contribution >= 4 is 40.6 Å². The number of halogens is 1. The number of hydrogen-bond donors (Lipinski definition) is 2. The van der Waals surface area contributed by atoms with Gasteiger partial charge in [0.15, 0.2) is 5.11 Å². The summed E-state index contributed by atoms with van der Waals surface area (Å²) in [5.41, 5.74) is 3.46. The molecule has 4 nitrogen and oxygen atoms in total. The summed E-state index contributed by atoms with van der Waals surface area (Å²) in [4.78, 5) is 11.9. The smallest absolute Gasteiger partial charge is 0.338 e. The van der Waals surface area contributed by atoms with Crippen LogP contribution in [0, 0.1) is 6.92 Å². The van der Waals surface area contributed by atoms with Gasteiger partial charge < -0.3 is 15.4 Å². The molecule has 2 aromatic carbocycles. The number of rotatable bonds is 6. The molecule has 0 atom stereocenters. The Morgan fingerprint density at radius 2 is 1.86 bits per heavy atom. The van der Waals surface area contributed by atoms with Crippen LogP contribution in [-0.2, 0) is 11.2 Å². The second-order valence-electron chi connectivity index (χ2n) is 7.66. The molecule has 29 heavy (non-hydrogen) atoms. The third-order valence-electron chi connectivity index (χ3n) is 5.73. The minimum Gasteiger partial charge on any atom is -0.465 e. The van der Waals surface area contributed by atoms with E-state index in [-0.39, 0.29) is 11.5 Å². The Bertz CT molecular complexity index is 877. The van der Waals surface area contributed by atoms with E-state index in [4.69, 9.17) is 28.6 Å². The fourth-order valence-electron chi connectivity index (χ4n) is 4.02. The molecule has 1 saturated carbocycles. The molecule has 0 heterocycles. The molecule has 0 spiro atoms. The van der Waals surface area contributed by atoms with Gasteiger partial charge in [-0.3, -0.25) is 0 Å². The van der Waals surface area contributed by atoms with Gasteiger partial charge in [-0.05, 0) is 80.2 Å². The number of benzene rings is 2. The second-order valence-corrected chi connectivity index (χ2v) is 8.51. The highest BCUT2D eigenvalue weighted by Crippen LogP contribution is 2.34. The predicted octanol–water partition coefficient (Wildman–Crippen LogP) is 5.67. The molecule has 0 unspecified atom stereocenters. The lowest BCUT2D eigenvalue weighted by molar-refractivity contribution is 0.0600. The molecule has 0 bridgehead atoms. The number of carbonyl (C=O) groups excluding carboxylic acids is 1. The molecule has 0 aliphatic heterocycles. The SMILES string of the molecule is COC(=O)c1cccc(NC(=S)NC2(CCc3ccc(Cl)cc3)CCCC2)c1C. The van der Waals surface area contributed by atoms with E-state index in [2.05, 4.69) is 22.8 Å². The average Bonchev–Trinajstić information content (AvgIpc) is 3.17. The summed E-state index contributed by atoms with van der Waals surface area (Å²) in [6.45, 7) is 1.89. The van der Waals surface area contributed by atoms with Crippen LogP contribution in [0.2, 0.25) is 5.02 Å². The van der Waals surface area contributed by atoms with E-state index in [1.54, 1.807) is 6.07 Å². The van der Waals surface area contributed by atoms with Gasteiger partial charge in [0.05, 0.1) is 12.7 Å². The van der Waals surface area contributed by atoms with Crippen LogP contribution in [0.15, 0.2) is 42.5 Å². The number of aryl methyl sites for hydroxylation is 1. The van der Waals surface area contributed by atoms with E-state index in [1.807, 2.05) is 31.2 Å². The molecule has 6 heteroatoms. The Morgan fingerprint density at radius 3 is 2.52 bits per heavy atom. The van der Waals surface area contributed by atoms with Gasteiger partial charge >= 0.3 is 5.97 Å². The van der Waals surface area contributed by atoms with E-state index in [9.17, 15) is 4.79 Å². The van der Waals surface area contributed by atoms with Gasteiger partial charge in [0.1, 0.15) is 0 Å². The van der Waals surface area contributed by atoms with Crippen LogP contribution in [0.1, 0.15) is 53.6 Å². The Hall–Kier alpha value is -2.11. The van der Waals surface area contributed by atoms with Crippen LogP contribution in [0.25, 0.3) is 0 Å². The van der Waals surface area contributed by atoms with Crippen LogP contribution >= 0.6 is 23.8 Å². The number of carbonyl (C=O) groups is 1. The molecule has 0 amide bonds. The molecule has 1 fully saturated rings. The predicted molar refractivity (Wildman–Crippen MR) is 123 cm³/mol. The lowest BCUT2D eigenvalue weighted by Gasteiger charge is -2.32. The van der Waals surface area contributed by atoms with Crippen molar-refractivity contribution in [2.45, 2.75) is 51.0 Å². The van der Waals surface area contributed by atoms with Gasteiger partial charge in [0, 0.05) is 16.2 Å². The summed E-state index contributed by atoms with van der Waals surface area (Å²) in [5.74, 6) is -0.347. The number of nitrogens with one attached hydrogen (secondary N) is 2. The zero-order valence-electron chi connectivity index (χ0n) is 16.9. The zero-order chi connectivity index (χ0) is 20.9. The summed E-state index contributed by atoms with van der Waals surface area (Å²) in [6.07, 6.45) is 6.59. The Balaban J connectivity index is 1.67. The van der Waals surface area contributed by atoms with Crippen LogP contribution < -0.4 is 10.6 Å². The summed E-state index contributed by atoms with van der Waals surface area (Å²) in [5, 5.41) is 8.22. The van der Waals surface area contributed by atoms with Gasteiger partial charge in [-0.25, -0.2) is 4.79 Å². The average molecular weight is 431 g/mol. The van der Waals surface area contributed by atoms with Gasteiger partial charge in [-0.2, -0.15) is 0 Å². The highest BCUT2D eigenvalue weighted by molar-refractivity contribution is 7.80. The lowest BCUT2D eigenvalue weighted by Crippen LogP contribution is -2.48. The molecular weight excluding hydrogens is 404 g/mol. The normalized spacial score (nSPS) is 15.0. The molecule has 2 N–H and O–H groups in total. The minimum absolute atomic E-state index is 0.00240. The highest BCUT2D eigenvalue weighted by atomic mass is 35.5. The minimum atomic E-state index is -0.347. The van der Waals surface area contributed by atoms with E-state index in [0.717, 1.165) is 42.0 Å². The lowest BCUT2D eigenvalue weighted by atomic mass is 9.89. The van der Waals surface area contributed by atoms with Gasteiger partial charge in [-0.15, -0.1) is 0 Å². The van der Waals surface area contributed by atoms with Crippen molar-refractivity contribution in [1.82, 2.24) is 5.32 Å². The molecule has 0 radical (unpaired) electrons. The Labute approximate surface area is 183 Å². The molecule has 1 aliphatic carbocycles. The van der Waals surface area contributed by atoms with Crippen molar-refractivity contribution in [3.63, 3.8) is 0 Å². The van der Waals surface area contributed by atoms with Crippen molar-refractivity contribution in [1.29, 1.82) is 0 Å². The number of anilines is 1. The van der Waals surface area contributed by atoms with Gasteiger partial charge in [0.25, 0.3) is 0 Å². The van der Waals surface area contributed by atoms with E-state index in [1.165, 1.54) is 25.5 Å². The molecule has 1 aliphatic rings. The van der Waals surface area contributed by atoms with E-state index >= 15 is 0 Å². The maximum Gasteiger partial charge on any atom is 0.338 e. The van der Waals surface area contributed by atoms with Crippen molar-refractivity contribution in [3.8, 4) is 0 Å².